The number of hydrogen-bond acceptors (Lipinski definition) is 6. The molecule has 8 heteroatoms. The summed E-state index contributed by atoms with van der Waals surface area (Å²) in [6.07, 6.45) is 4.54. The average Bonchev–Trinajstić information content (AvgIpc) is 3.26. The molecule has 0 unspecified atom stereocenters. The van der Waals surface area contributed by atoms with Crippen LogP contribution in [-0.4, -0.2) is 43.2 Å². The summed E-state index contributed by atoms with van der Waals surface area (Å²) in [4.78, 5) is 29.3. The predicted molar refractivity (Wildman–Crippen MR) is 124 cm³/mol. The molecule has 7 nitrogen and oxygen atoms in total. The zero-order valence-corrected chi connectivity index (χ0v) is 17.4. The Morgan fingerprint density at radius 3 is 2.69 bits per heavy atom. The third-order valence-electron chi connectivity index (χ3n) is 5.16. The average molecular weight is 442 g/mol. The van der Waals surface area contributed by atoms with Crippen molar-refractivity contribution in [3.63, 3.8) is 0 Å². The highest BCUT2D eigenvalue weighted by atomic mass is 35.5. The number of aromatic nitrogens is 4. The lowest BCUT2D eigenvalue weighted by atomic mass is 10.0. The molecule has 0 radical (unpaired) electrons. The van der Waals surface area contributed by atoms with Gasteiger partial charge in [-0.25, -0.2) is 15.0 Å². The van der Waals surface area contributed by atoms with Crippen LogP contribution in [-0.2, 0) is 0 Å². The van der Waals surface area contributed by atoms with E-state index in [-0.39, 0.29) is 23.2 Å². The van der Waals surface area contributed by atoms with Gasteiger partial charge in [0, 0.05) is 23.0 Å². The third-order valence-corrected chi connectivity index (χ3v) is 5.44. The Morgan fingerprint density at radius 1 is 1.03 bits per heavy atom. The van der Waals surface area contributed by atoms with Crippen LogP contribution in [0.4, 0.5) is 0 Å². The van der Waals surface area contributed by atoms with E-state index in [4.69, 9.17) is 11.6 Å². The van der Waals surface area contributed by atoms with Crippen molar-refractivity contribution in [2.45, 2.75) is 0 Å². The molecule has 5 rings (SSSR count). The van der Waals surface area contributed by atoms with E-state index < -0.39 is 0 Å². The maximum absolute atomic E-state index is 12.6. The monoisotopic (exact) mass is 441 g/mol. The number of imidazole rings is 1. The smallest absolute Gasteiger partial charge is 0.184 e. The molecular formula is C24H16ClN5O2. The molecular weight excluding hydrogens is 426 g/mol. The standard InChI is InChI=1S/C24H16ClN5O2/c25-23-22-24(28-13-27-23)30(14-29-22)17-8-5-16(6-9-17)21(32)12-26-11-19-18-4-2-1-3-15(18)7-10-20(19)31/h1-11,13-14,31H,12H2. The van der Waals surface area contributed by atoms with Crippen LogP contribution in [0.5, 0.6) is 5.75 Å². The summed E-state index contributed by atoms with van der Waals surface area (Å²) in [7, 11) is 0. The van der Waals surface area contributed by atoms with E-state index in [0.717, 1.165) is 16.5 Å². The van der Waals surface area contributed by atoms with Gasteiger partial charge in [-0.05, 0) is 41.1 Å². The van der Waals surface area contributed by atoms with E-state index in [0.29, 0.717) is 22.3 Å². The van der Waals surface area contributed by atoms with Crippen LogP contribution in [0.3, 0.4) is 0 Å². The lowest BCUT2D eigenvalue weighted by molar-refractivity contribution is 0.100. The minimum Gasteiger partial charge on any atom is -0.507 e. The Morgan fingerprint density at radius 2 is 1.84 bits per heavy atom. The Kier molecular flexibility index (Phi) is 5.09. The van der Waals surface area contributed by atoms with Gasteiger partial charge in [-0.3, -0.25) is 14.4 Å². The molecule has 0 spiro atoms. The minimum absolute atomic E-state index is 0.0289. The molecule has 1 N–H and O–H groups in total. The molecule has 0 atom stereocenters. The van der Waals surface area contributed by atoms with Gasteiger partial charge in [-0.15, -0.1) is 0 Å². The van der Waals surface area contributed by atoms with Crippen molar-refractivity contribution >= 4 is 45.5 Å². The summed E-state index contributed by atoms with van der Waals surface area (Å²) in [5, 5.41) is 12.4. The molecule has 2 aromatic heterocycles. The van der Waals surface area contributed by atoms with Gasteiger partial charge in [0.15, 0.2) is 16.6 Å². The summed E-state index contributed by atoms with van der Waals surface area (Å²) < 4.78 is 1.78. The molecule has 0 aliphatic rings. The number of aromatic hydroxyl groups is 1. The topological polar surface area (TPSA) is 93.3 Å². The van der Waals surface area contributed by atoms with Crippen molar-refractivity contribution < 1.29 is 9.90 Å². The number of phenolic OH excluding ortho intramolecular Hbond substituents is 1. The van der Waals surface area contributed by atoms with Crippen molar-refractivity contribution in [1.82, 2.24) is 19.5 Å². The van der Waals surface area contributed by atoms with Crippen LogP contribution in [0.2, 0.25) is 5.15 Å². The fourth-order valence-corrected chi connectivity index (χ4v) is 3.71. The Balaban J connectivity index is 1.35. The number of aliphatic imine (C=N–C) groups is 1. The maximum Gasteiger partial charge on any atom is 0.184 e. The maximum atomic E-state index is 12.6. The summed E-state index contributed by atoms with van der Waals surface area (Å²) in [6.45, 7) is -0.0289. The number of ketones is 1. The molecule has 0 bridgehead atoms. The third kappa shape index (κ3) is 3.59. The van der Waals surface area contributed by atoms with Gasteiger partial charge in [-0.2, -0.15) is 0 Å². The zero-order chi connectivity index (χ0) is 22.1. The van der Waals surface area contributed by atoms with Crippen LogP contribution in [0.1, 0.15) is 15.9 Å². The summed E-state index contributed by atoms with van der Waals surface area (Å²) in [5.74, 6) is -0.00546. The van der Waals surface area contributed by atoms with Gasteiger partial charge in [0.05, 0.1) is 0 Å². The lowest BCUT2D eigenvalue weighted by Crippen LogP contribution is -2.04. The number of rotatable bonds is 5. The van der Waals surface area contributed by atoms with Crippen molar-refractivity contribution in [3.05, 3.63) is 89.6 Å². The summed E-state index contributed by atoms with van der Waals surface area (Å²) in [6, 6.07) is 18.3. The van der Waals surface area contributed by atoms with E-state index in [2.05, 4.69) is 19.9 Å². The number of Topliss-reactive ketones (excluding diaryl/α,β-unsaturated/α-hetero) is 1. The Bertz CT molecular complexity index is 1490. The largest absolute Gasteiger partial charge is 0.507 e. The molecule has 0 amide bonds. The molecule has 0 saturated heterocycles. The molecule has 2 heterocycles. The fourth-order valence-electron chi connectivity index (χ4n) is 3.53. The number of benzene rings is 3. The Hall–Kier alpha value is -4.10. The van der Waals surface area contributed by atoms with E-state index in [9.17, 15) is 9.90 Å². The molecule has 32 heavy (non-hydrogen) atoms. The number of fused-ring (bicyclic) bond motifs is 2. The highest BCUT2D eigenvalue weighted by Crippen LogP contribution is 2.25. The van der Waals surface area contributed by atoms with Gasteiger partial charge >= 0.3 is 0 Å². The minimum atomic E-state index is -0.131. The van der Waals surface area contributed by atoms with Crippen molar-refractivity contribution in [2.24, 2.45) is 4.99 Å². The van der Waals surface area contributed by atoms with Gasteiger partial charge in [0.25, 0.3) is 0 Å². The normalized spacial score (nSPS) is 11.5. The highest BCUT2D eigenvalue weighted by molar-refractivity contribution is 6.33. The van der Waals surface area contributed by atoms with Crippen LogP contribution in [0.15, 0.2) is 78.3 Å². The fraction of sp³-hybridized carbons (Fsp3) is 0.0417. The second-order valence-electron chi connectivity index (χ2n) is 7.11. The SMILES string of the molecule is O=C(CN=Cc1c(O)ccc2ccccc12)c1ccc(-n2cnc3c(Cl)ncnc32)cc1. The van der Waals surface area contributed by atoms with E-state index >= 15 is 0 Å². The number of carbonyl (C=O) groups is 1. The number of carbonyl (C=O) groups excluding carboxylic acids is 1. The molecule has 0 aliphatic heterocycles. The van der Waals surface area contributed by atoms with Crippen LogP contribution in [0, 0.1) is 0 Å². The molecule has 3 aromatic carbocycles. The first-order valence-corrected chi connectivity index (χ1v) is 10.2. The lowest BCUT2D eigenvalue weighted by Gasteiger charge is -2.06. The molecule has 0 saturated carbocycles. The summed E-state index contributed by atoms with van der Waals surface area (Å²) in [5.41, 5.74) is 3.02. The first kappa shape index (κ1) is 19.8. The summed E-state index contributed by atoms with van der Waals surface area (Å²) >= 11 is 6.06. The second kappa shape index (κ2) is 8.20. The van der Waals surface area contributed by atoms with Crippen LogP contribution >= 0.6 is 11.6 Å². The number of halogens is 1. The van der Waals surface area contributed by atoms with Gasteiger partial charge in [0.2, 0.25) is 0 Å². The van der Waals surface area contributed by atoms with E-state index in [1.807, 2.05) is 42.5 Å². The van der Waals surface area contributed by atoms with E-state index in [1.54, 1.807) is 35.3 Å². The van der Waals surface area contributed by atoms with Crippen molar-refractivity contribution in [1.29, 1.82) is 0 Å². The zero-order valence-electron chi connectivity index (χ0n) is 16.7. The molecule has 0 aliphatic carbocycles. The van der Waals surface area contributed by atoms with Crippen molar-refractivity contribution in [2.75, 3.05) is 6.54 Å². The highest BCUT2D eigenvalue weighted by Gasteiger charge is 2.11. The van der Waals surface area contributed by atoms with Crippen LogP contribution in [0.25, 0.3) is 27.6 Å². The van der Waals surface area contributed by atoms with E-state index in [1.165, 1.54) is 6.33 Å². The first-order valence-electron chi connectivity index (χ1n) is 9.79. The molecule has 156 valence electrons. The van der Waals surface area contributed by atoms with Crippen LogP contribution < -0.4 is 0 Å². The quantitative estimate of drug-likeness (QED) is 0.244. The van der Waals surface area contributed by atoms with Gasteiger partial charge in [0.1, 0.15) is 30.5 Å². The van der Waals surface area contributed by atoms with Gasteiger partial charge < -0.3 is 5.11 Å². The van der Waals surface area contributed by atoms with Crippen molar-refractivity contribution in [3.8, 4) is 11.4 Å². The number of nitrogens with zero attached hydrogens (tertiary/aromatic N) is 5. The molecule has 5 aromatic rings. The number of phenols is 1. The first-order chi connectivity index (χ1) is 15.6. The molecule has 0 fully saturated rings. The second-order valence-corrected chi connectivity index (χ2v) is 7.47. The number of hydrogen-bond donors (Lipinski definition) is 1. The Labute approximate surface area is 187 Å². The predicted octanol–water partition coefficient (Wildman–Crippen LogP) is 4.63. The van der Waals surface area contributed by atoms with Gasteiger partial charge in [-0.1, -0.05) is 41.9 Å².